The van der Waals surface area contributed by atoms with Gasteiger partial charge in [0, 0.05) is 35.2 Å². The van der Waals surface area contributed by atoms with E-state index in [1.807, 2.05) is 0 Å². The van der Waals surface area contributed by atoms with E-state index in [-0.39, 0.29) is 35.3 Å². The van der Waals surface area contributed by atoms with Crippen molar-refractivity contribution in [1.29, 1.82) is 0 Å². The molecule has 0 spiro atoms. The quantitative estimate of drug-likeness (QED) is 0.178. The Labute approximate surface area is 262 Å². The number of ether oxygens (including phenoxy) is 2. The molecule has 6 rings (SSSR count). The Hall–Kier alpha value is -4.77. The van der Waals surface area contributed by atoms with Gasteiger partial charge in [-0.3, -0.25) is 19.2 Å². The SMILES string of the molecule is Cc1cc(NC(=O)C2=CC(c3coc4ccccc4c3=O)CC(OCCCCO)O2)ccc1N1C(=O)c2ccc(Cl)cc2C1=O. The lowest BCUT2D eigenvalue weighted by Gasteiger charge is -2.29. The van der Waals surface area contributed by atoms with Gasteiger partial charge in [0.15, 0.2) is 11.2 Å². The first kappa shape index (κ1) is 30.3. The maximum absolute atomic E-state index is 13.5. The normalized spacial score (nSPS) is 17.7. The van der Waals surface area contributed by atoms with Gasteiger partial charge in [-0.1, -0.05) is 23.7 Å². The summed E-state index contributed by atoms with van der Waals surface area (Å²) >= 11 is 6.04. The van der Waals surface area contributed by atoms with Crippen molar-refractivity contribution in [3.63, 3.8) is 0 Å². The molecule has 0 aliphatic carbocycles. The molecule has 2 atom stereocenters. The van der Waals surface area contributed by atoms with Crippen molar-refractivity contribution >= 4 is 51.7 Å². The number of carbonyl (C=O) groups excluding carboxylic acids is 3. The van der Waals surface area contributed by atoms with Crippen LogP contribution in [-0.4, -0.2) is 42.3 Å². The molecule has 2 aliphatic heterocycles. The number of halogens is 1. The average molecular weight is 629 g/mol. The minimum absolute atomic E-state index is 0.0305. The summed E-state index contributed by atoms with van der Waals surface area (Å²) in [7, 11) is 0. The van der Waals surface area contributed by atoms with E-state index in [2.05, 4.69) is 5.32 Å². The number of unbranched alkanes of at least 4 members (excludes halogenated alkanes) is 1. The van der Waals surface area contributed by atoms with E-state index in [9.17, 15) is 19.2 Å². The van der Waals surface area contributed by atoms with Crippen molar-refractivity contribution in [2.75, 3.05) is 23.4 Å². The molecule has 2 unspecified atom stereocenters. The number of nitrogens with zero attached hydrogens (tertiary/aromatic N) is 1. The van der Waals surface area contributed by atoms with Gasteiger partial charge in [-0.05, 0) is 79.9 Å². The molecule has 3 amide bonds. The second kappa shape index (κ2) is 12.7. The number of allylic oxidation sites excluding steroid dienone is 1. The highest BCUT2D eigenvalue weighted by Gasteiger charge is 2.37. The molecule has 2 aliphatic rings. The fourth-order valence-electron chi connectivity index (χ4n) is 5.52. The van der Waals surface area contributed by atoms with E-state index in [1.54, 1.807) is 61.5 Å². The highest BCUT2D eigenvalue weighted by Crippen LogP contribution is 2.34. The van der Waals surface area contributed by atoms with Crippen molar-refractivity contribution in [3.05, 3.63) is 116 Å². The zero-order valence-electron chi connectivity index (χ0n) is 24.2. The van der Waals surface area contributed by atoms with Crippen LogP contribution >= 0.6 is 11.6 Å². The van der Waals surface area contributed by atoms with E-state index in [1.165, 1.54) is 18.4 Å². The Bertz CT molecular complexity index is 1920. The number of hydrogen-bond acceptors (Lipinski definition) is 8. The average Bonchev–Trinajstić information content (AvgIpc) is 3.27. The summed E-state index contributed by atoms with van der Waals surface area (Å²) in [6.07, 6.45) is 3.59. The molecule has 3 aromatic carbocycles. The molecule has 0 saturated carbocycles. The number of anilines is 2. The van der Waals surface area contributed by atoms with E-state index in [4.69, 9.17) is 30.6 Å². The first-order valence-corrected chi connectivity index (χ1v) is 14.8. The monoisotopic (exact) mass is 628 g/mol. The van der Waals surface area contributed by atoms with E-state index < -0.39 is 29.9 Å². The number of aliphatic hydroxyl groups is 1. The molecule has 4 aromatic rings. The van der Waals surface area contributed by atoms with Crippen LogP contribution in [0.15, 0.2) is 88.0 Å². The molecular weight excluding hydrogens is 600 g/mol. The van der Waals surface area contributed by atoms with Gasteiger partial charge in [-0.2, -0.15) is 0 Å². The third-order valence-corrected chi connectivity index (χ3v) is 8.02. The predicted molar refractivity (Wildman–Crippen MR) is 167 cm³/mol. The number of para-hydroxylation sites is 1. The Balaban J connectivity index is 1.24. The van der Waals surface area contributed by atoms with Crippen molar-refractivity contribution in [3.8, 4) is 0 Å². The van der Waals surface area contributed by atoms with Crippen LogP contribution in [0.3, 0.4) is 0 Å². The topological polar surface area (TPSA) is 135 Å². The first-order valence-electron chi connectivity index (χ1n) is 14.5. The number of rotatable bonds is 9. The van der Waals surface area contributed by atoms with Gasteiger partial charge < -0.3 is 24.3 Å². The number of fused-ring (bicyclic) bond motifs is 2. The smallest absolute Gasteiger partial charge is 0.290 e. The maximum Gasteiger partial charge on any atom is 0.290 e. The van der Waals surface area contributed by atoms with Gasteiger partial charge in [-0.25, -0.2) is 4.90 Å². The Kier molecular flexibility index (Phi) is 8.53. The second-order valence-electron chi connectivity index (χ2n) is 10.8. The number of aryl methyl sites for hydroxylation is 1. The Morgan fingerprint density at radius 2 is 1.84 bits per heavy atom. The largest absolute Gasteiger partial charge is 0.464 e. The lowest BCUT2D eigenvalue weighted by molar-refractivity contribution is -0.143. The summed E-state index contributed by atoms with van der Waals surface area (Å²) in [4.78, 5) is 54.0. The van der Waals surface area contributed by atoms with Crippen LogP contribution in [0.4, 0.5) is 11.4 Å². The molecule has 10 nitrogen and oxygen atoms in total. The number of hydrogen-bond donors (Lipinski definition) is 2. The van der Waals surface area contributed by atoms with Crippen LogP contribution in [-0.2, 0) is 14.3 Å². The maximum atomic E-state index is 13.5. The molecule has 230 valence electrons. The number of imide groups is 1. The van der Waals surface area contributed by atoms with Crippen LogP contribution in [0, 0.1) is 6.92 Å². The van der Waals surface area contributed by atoms with Crippen molar-refractivity contribution < 1.29 is 33.4 Å². The lowest BCUT2D eigenvalue weighted by Crippen LogP contribution is -2.31. The van der Waals surface area contributed by atoms with Gasteiger partial charge in [0.1, 0.15) is 5.58 Å². The van der Waals surface area contributed by atoms with Crippen LogP contribution in [0.5, 0.6) is 0 Å². The highest BCUT2D eigenvalue weighted by molar-refractivity contribution is 6.37. The summed E-state index contributed by atoms with van der Waals surface area (Å²) in [5, 5.41) is 12.7. The van der Waals surface area contributed by atoms with Crippen LogP contribution in [0.1, 0.15) is 57.0 Å². The standard InChI is InChI=1S/C34H29ClN2O8/c1-19-14-22(9-11-27(19)37-33(41)23-10-8-21(35)17-25(23)34(37)42)36-32(40)29-15-20(16-30(45-29)43-13-5-4-12-38)26-18-44-28-7-3-2-6-24(28)31(26)39/h2-3,6-11,14-15,17-18,20,30,38H,4-5,12-13,16H2,1H3,(H,36,40). The Morgan fingerprint density at radius 1 is 1.04 bits per heavy atom. The van der Waals surface area contributed by atoms with Crippen LogP contribution < -0.4 is 15.6 Å². The predicted octanol–water partition coefficient (Wildman–Crippen LogP) is 5.70. The molecule has 2 N–H and O–H groups in total. The lowest BCUT2D eigenvalue weighted by atomic mass is 9.93. The molecule has 1 aromatic heterocycles. The Morgan fingerprint density at radius 3 is 2.64 bits per heavy atom. The molecule has 0 radical (unpaired) electrons. The second-order valence-corrected chi connectivity index (χ2v) is 11.3. The van der Waals surface area contributed by atoms with Crippen LogP contribution in [0.2, 0.25) is 5.02 Å². The highest BCUT2D eigenvalue weighted by atomic mass is 35.5. The summed E-state index contributed by atoms with van der Waals surface area (Å²) in [6, 6.07) is 16.3. The summed E-state index contributed by atoms with van der Waals surface area (Å²) < 4.78 is 17.5. The molecular formula is C34H29ClN2O8. The van der Waals surface area contributed by atoms with Crippen LogP contribution in [0.25, 0.3) is 11.0 Å². The summed E-state index contributed by atoms with van der Waals surface area (Å²) in [6.45, 7) is 2.05. The molecule has 0 bridgehead atoms. The van der Waals surface area contributed by atoms with E-state index in [0.717, 1.165) is 4.90 Å². The molecule has 3 heterocycles. The minimum atomic E-state index is -0.822. The number of nitrogens with one attached hydrogen (secondary N) is 1. The number of aliphatic hydroxyl groups excluding tert-OH is 1. The van der Waals surface area contributed by atoms with Crippen molar-refractivity contribution in [2.24, 2.45) is 0 Å². The molecule has 45 heavy (non-hydrogen) atoms. The fourth-order valence-corrected chi connectivity index (χ4v) is 5.69. The third kappa shape index (κ3) is 6.00. The number of amides is 3. The number of benzene rings is 3. The van der Waals surface area contributed by atoms with E-state index >= 15 is 0 Å². The molecule has 11 heteroatoms. The summed E-state index contributed by atoms with van der Waals surface area (Å²) in [5.41, 5.74) is 2.47. The number of carbonyl (C=O) groups is 3. The van der Waals surface area contributed by atoms with Crippen molar-refractivity contribution in [2.45, 2.75) is 38.4 Å². The van der Waals surface area contributed by atoms with Gasteiger partial charge in [0.25, 0.3) is 17.7 Å². The van der Waals surface area contributed by atoms with Gasteiger partial charge in [0.2, 0.25) is 6.29 Å². The van der Waals surface area contributed by atoms with Crippen molar-refractivity contribution in [1.82, 2.24) is 0 Å². The zero-order chi connectivity index (χ0) is 31.7. The first-order chi connectivity index (χ1) is 21.7. The van der Waals surface area contributed by atoms with Gasteiger partial charge in [-0.15, -0.1) is 0 Å². The zero-order valence-corrected chi connectivity index (χ0v) is 25.0. The fraction of sp³-hybridized carbons (Fsp3) is 0.235. The molecule has 0 saturated heterocycles. The third-order valence-electron chi connectivity index (χ3n) is 7.79. The van der Waals surface area contributed by atoms with Gasteiger partial charge in [0.05, 0.1) is 35.1 Å². The van der Waals surface area contributed by atoms with E-state index in [0.29, 0.717) is 57.9 Å². The minimum Gasteiger partial charge on any atom is -0.464 e. The summed E-state index contributed by atoms with van der Waals surface area (Å²) in [5.74, 6) is -2.08. The van der Waals surface area contributed by atoms with Gasteiger partial charge >= 0.3 is 0 Å². The molecule has 0 fully saturated rings.